The fraction of sp³-hybridized carbons (Fsp3) is 0.286. The summed E-state index contributed by atoms with van der Waals surface area (Å²) in [6, 6.07) is 8.08. The van der Waals surface area contributed by atoms with Crippen molar-refractivity contribution in [3.8, 4) is 0 Å². The zero-order chi connectivity index (χ0) is 14.4. The number of aromatic nitrogens is 2. The first-order valence-electron chi connectivity index (χ1n) is 6.43. The standard InChI is InChI=1S/C14H17BrN4S/c1-11-5-2-3-6-13(11)18-14(20)16-7-4-8-19-10-12(15)9-17-19/h2-3,5-6,9-10H,4,7-8H2,1H3,(H2,16,18,20). The highest BCUT2D eigenvalue weighted by Crippen LogP contribution is 2.12. The Morgan fingerprint density at radius 2 is 2.20 bits per heavy atom. The van der Waals surface area contributed by atoms with Gasteiger partial charge in [-0.2, -0.15) is 5.10 Å². The average Bonchev–Trinajstić information content (AvgIpc) is 2.83. The van der Waals surface area contributed by atoms with Crippen molar-refractivity contribution in [1.29, 1.82) is 0 Å². The van der Waals surface area contributed by atoms with Gasteiger partial charge in [-0.25, -0.2) is 0 Å². The number of benzene rings is 1. The third-order valence-corrected chi connectivity index (χ3v) is 3.50. The maximum atomic E-state index is 5.28. The summed E-state index contributed by atoms with van der Waals surface area (Å²) < 4.78 is 2.91. The zero-order valence-corrected chi connectivity index (χ0v) is 13.7. The van der Waals surface area contributed by atoms with E-state index < -0.39 is 0 Å². The molecule has 0 aliphatic rings. The first kappa shape index (κ1) is 15.0. The summed E-state index contributed by atoms with van der Waals surface area (Å²) in [4.78, 5) is 0. The molecule has 6 heteroatoms. The molecule has 2 N–H and O–H groups in total. The highest BCUT2D eigenvalue weighted by molar-refractivity contribution is 9.10. The van der Waals surface area contributed by atoms with Crippen LogP contribution in [-0.4, -0.2) is 21.4 Å². The summed E-state index contributed by atoms with van der Waals surface area (Å²) in [6.07, 6.45) is 4.71. The number of hydrogen-bond acceptors (Lipinski definition) is 2. The predicted octanol–water partition coefficient (Wildman–Crippen LogP) is 3.33. The molecule has 0 saturated heterocycles. The molecule has 0 unspecified atom stereocenters. The van der Waals surface area contributed by atoms with Gasteiger partial charge < -0.3 is 10.6 Å². The number of hydrogen-bond donors (Lipinski definition) is 2. The topological polar surface area (TPSA) is 41.9 Å². The highest BCUT2D eigenvalue weighted by Gasteiger charge is 2.00. The third-order valence-electron chi connectivity index (χ3n) is 2.84. The van der Waals surface area contributed by atoms with Crippen molar-refractivity contribution in [2.24, 2.45) is 0 Å². The Kier molecular flexibility index (Phi) is 5.55. The van der Waals surface area contributed by atoms with Gasteiger partial charge in [-0.1, -0.05) is 18.2 Å². The largest absolute Gasteiger partial charge is 0.362 e. The Morgan fingerprint density at radius 1 is 1.40 bits per heavy atom. The maximum absolute atomic E-state index is 5.28. The van der Waals surface area contributed by atoms with E-state index in [1.165, 1.54) is 5.56 Å². The van der Waals surface area contributed by atoms with Crippen LogP contribution in [0.4, 0.5) is 5.69 Å². The molecular weight excluding hydrogens is 336 g/mol. The van der Waals surface area contributed by atoms with Crippen LogP contribution in [0.2, 0.25) is 0 Å². The van der Waals surface area contributed by atoms with E-state index in [1.54, 1.807) is 6.20 Å². The van der Waals surface area contributed by atoms with E-state index in [-0.39, 0.29) is 0 Å². The van der Waals surface area contributed by atoms with Crippen LogP contribution in [0, 0.1) is 6.92 Å². The van der Waals surface area contributed by atoms with Crippen LogP contribution in [0.15, 0.2) is 41.1 Å². The normalized spacial score (nSPS) is 10.3. The predicted molar refractivity (Wildman–Crippen MR) is 89.9 cm³/mol. The third kappa shape index (κ3) is 4.61. The molecule has 0 amide bonds. The lowest BCUT2D eigenvalue weighted by Gasteiger charge is -2.12. The van der Waals surface area contributed by atoms with Gasteiger partial charge in [-0.05, 0) is 53.1 Å². The number of para-hydroxylation sites is 1. The van der Waals surface area contributed by atoms with E-state index in [0.29, 0.717) is 5.11 Å². The molecule has 0 fully saturated rings. The quantitative estimate of drug-likeness (QED) is 0.639. The minimum absolute atomic E-state index is 0.654. The summed E-state index contributed by atoms with van der Waals surface area (Å²) in [5, 5.41) is 11.3. The first-order valence-corrected chi connectivity index (χ1v) is 7.64. The van der Waals surface area contributed by atoms with Crippen LogP contribution >= 0.6 is 28.1 Å². The van der Waals surface area contributed by atoms with Crippen molar-refractivity contribution in [3.05, 3.63) is 46.7 Å². The SMILES string of the molecule is Cc1ccccc1NC(=S)NCCCn1cc(Br)cn1. The van der Waals surface area contributed by atoms with Crippen LogP contribution < -0.4 is 10.6 Å². The van der Waals surface area contributed by atoms with Crippen LogP contribution in [0.5, 0.6) is 0 Å². The number of rotatable bonds is 5. The van der Waals surface area contributed by atoms with Gasteiger partial charge >= 0.3 is 0 Å². The molecule has 0 atom stereocenters. The van der Waals surface area contributed by atoms with Crippen molar-refractivity contribution < 1.29 is 0 Å². The Morgan fingerprint density at radius 3 is 2.90 bits per heavy atom. The highest BCUT2D eigenvalue weighted by atomic mass is 79.9. The summed E-state index contributed by atoms with van der Waals surface area (Å²) in [6.45, 7) is 3.74. The van der Waals surface area contributed by atoms with Crippen molar-refractivity contribution in [1.82, 2.24) is 15.1 Å². The number of halogens is 1. The molecule has 0 saturated carbocycles. The molecule has 0 aliphatic heterocycles. The van der Waals surface area contributed by atoms with Gasteiger partial charge in [-0.15, -0.1) is 0 Å². The van der Waals surface area contributed by atoms with Gasteiger partial charge in [0.05, 0.1) is 10.7 Å². The monoisotopic (exact) mass is 352 g/mol. The van der Waals surface area contributed by atoms with Crippen LogP contribution in [-0.2, 0) is 6.54 Å². The molecule has 1 aromatic carbocycles. The van der Waals surface area contributed by atoms with Crippen molar-refractivity contribution in [2.45, 2.75) is 19.9 Å². The zero-order valence-electron chi connectivity index (χ0n) is 11.3. The van der Waals surface area contributed by atoms with Crippen LogP contribution in [0.3, 0.4) is 0 Å². The summed E-state index contributed by atoms with van der Waals surface area (Å²) in [5.41, 5.74) is 2.22. The second-order valence-corrected chi connectivity index (χ2v) is 5.79. The summed E-state index contributed by atoms with van der Waals surface area (Å²) in [7, 11) is 0. The van der Waals surface area contributed by atoms with E-state index in [4.69, 9.17) is 12.2 Å². The molecule has 106 valence electrons. The van der Waals surface area contributed by atoms with Crippen LogP contribution in [0.25, 0.3) is 0 Å². The second kappa shape index (κ2) is 7.40. The van der Waals surface area contributed by atoms with Gasteiger partial charge in [0.25, 0.3) is 0 Å². The molecular formula is C14H17BrN4S. The molecule has 1 heterocycles. The molecule has 0 spiro atoms. The maximum Gasteiger partial charge on any atom is 0.170 e. The Hall–Kier alpha value is -1.40. The number of thiocarbonyl (C=S) groups is 1. The van der Waals surface area contributed by atoms with Gasteiger partial charge in [0, 0.05) is 25.0 Å². The van der Waals surface area contributed by atoms with Gasteiger partial charge in [-0.3, -0.25) is 4.68 Å². The molecule has 0 aliphatic carbocycles. The Bertz CT molecular complexity index is 582. The molecule has 0 bridgehead atoms. The van der Waals surface area contributed by atoms with Gasteiger partial charge in [0.15, 0.2) is 5.11 Å². The summed E-state index contributed by atoms with van der Waals surface area (Å²) in [5.74, 6) is 0. The van der Waals surface area contributed by atoms with E-state index in [2.05, 4.69) is 44.7 Å². The van der Waals surface area contributed by atoms with E-state index >= 15 is 0 Å². The lowest BCUT2D eigenvalue weighted by Crippen LogP contribution is -2.30. The molecule has 2 aromatic rings. The Balaban J connectivity index is 1.69. The van der Waals surface area contributed by atoms with Crippen molar-refractivity contribution in [3.63, 3.8) is 0 Å². The second-order valence-electron chi connectivity index (χ2n) is 4.47. The minimum atomic E-state index is 0.654. The lowest BCUT2D eigenvalue weighted by molar-refractivity contribution is 0.573. The van der Waals surface area contributed by atoms with E-state index in [0.717, 1.165) is 29.7 Å². The first-order chi connectivity index (χ1) is 9.65. The summed E-state index contributed by atoms with van der Waals surface area (Å²) >= 11 is 8.66. The number of nitrogens with one attached hydrogen (secondary N) is 2. The molecule has 1 aromatic heterocycles. The molecule has 20 heavy (non-hydrogen) atoms. The minimum Gasteiger partial charge on any atom is -0.362 e. The lowest BCUT2D eigenvalue weighted by atomic mass is 10.2. The fourth-order valence-corrected chi connectivity index (χ4v) is 2.32. The van der Waals surface area contributed by atoms with Gasteiger partial charge in [0.2, 0.25) is 0 Å². The molecule has 4 nitrogen and oxygen atoms in total. The van der Waals surface area contributed by atoms with Crippen molar-refractivity contribution >= 4 is 38.9 Å². The number of anilines is 1. The number of nitrogens with zero attached hydrogens (tertiary/aromatic N) is 2. The Labute approximate surface area is 132 Å². The van der Waals surface area contributed by atoms with E-state index in [1.807, 2.05) is 29.1 Å². The molecule has 2 rings (SSSR count). The fourth-order valence-electron chi connectivity index (χ4n) is 1.78. The van der Waals surface area contributed by atoms with E-state index in [9.17, 15) is 0 Å². The molecule has 0 radical (unpaired) electrons. The van der Waals surface area contributed by atoms with Crippen molar-refractivity contribution in [2.75, 3.05) is 11.9 Å². The average molecular weight is 353 g/mol. The number of aryl methyl sites for hydroxylation is 2. The smallest absolute Gasteiger partial charge is 0.170 e. The van der Waals surface area contributed by atoms with Gasteiger partial charge in [0.1, 0.15) is 0 Å². The van der Waals surface area contributed by atoms with Crippen LogP contribution in [0.1, 0.15) is 12.0 Å².